The van der Waals surface area contributed by atoms with Crippen molar-refractivity contribution in [2.24, 2.45) is 0 Å². The average molecular weight is 680 g/mol. The predicted octanol–water partition coefficient (Wildman–Crippen LogP) is 14.8. The fourth-order valence-electron chi connectivity index (χ4n) is 7.61. The molecular formula is C50H33NS. The van der Waals surface area contributed by atoms with Gasteiger partial charge in [-0.05, 0) is 122 Å². The van der Waals surface area contributed by atoms with Gasteiger partial charge in [-0.25, -0.2) is 0 Å². The van der Waals surface area contributed by atoms with Crippen molar-refractivity contribution in [3.8, 4) is 33.4 Å². The minimum Gasteiger partial charge on any atom is -0.310 e. The van der Waals surface area contributed by atoms with Crippen molar-refractivity contribution in [3.63, 3.8) is 0 Å². The minimum atomic E-state index is 1.11. The van der Waals surface area contributed by atoms with Gasteiger partial charge >= 0.3 is 0 Å². The molecule has 0 N–H and O–H groups in total. The highest BCUT2D eigenvalue weighted by Gasteiger charge is 2.17. The molecule has 0 saturated heterocycles. The summed E-state index contributed by atoms with van der Waals surface area (Å²) in [6.07, 6.45) is 0. The summed E-state index contributed by atoms with van der Waals surface area (Å²) in [5.74, 6) is 0. The van der Waals surface area contributed by atoms with Gasteiger partial charge in [0.05, 0.1) is 0 Å². The summed E-state index contributed by atoms with van der Waals surface area (Å²) in [7, 11) is 0. The molecule has 2 heteroatoms. The molecule has 0 amide bonds. The normalized spacial score (nSPS) is 11.5. The fraction of sp³-hybridized carbons (Fsp3) is 0. The summed E-state index contributed by atoms with van der Waals surface area (Å²) >= 11 is 1.87. The van der Waals surface area contributed by atoms with E-state index in [0.717, 1.165) is 17.1 Å². The van der Waals surface area contributed by atoms with Crippen LogP contribution in [0.5, 0.6) is 0 Å². The van der Waals surface area contributed by atoms with Crippen LogP contribution in [0.4, 0.5) is 17.1 Å². The van der Waals surface area contributed by atoms with E-state index >= 15 is 0 Å². The Bertz CT molecular complexity index is 2890. The van der Waals surface area contributed by atoms with Crippen LogP contribution in [0.25, 0.3) is 75.1 Å². The average Bonchev–Trinajstić information content (AvgIpc) is 3.57. The van der Waals surface area contributed by atoms with Gasteiger partial charge in [-0.3, -0.25) is 0 Å². The summed E-state index contributed by atoms with van der Waals surface area (Å²) in [6, 6.07) is 73.0. The number of thiophene rings is 1. The SMILES string of the molecule is c1ccc(-c2cc(N(c3ccccc3)c3ccc(-c4ccc5sc6cc7ccccc7cc6c5c4)cc3)ccc2-c2ccc3ccccc3c2)cc1. The molecule has 0 atom stereocenters. The van der Waals surface area contributed by atoms with Crippen molar-refractivity contribution < 1.29 is 0 Å². The first-order valence-corrected chi connectivity index (χ1v) is 18.6. The van der Waals surface area contributed by atoms with Crippen LogP contribution in [-0.2, 0) is 0 Å². The smallest absolute Gasteiger partial charge is 0.0468 e. The molecular weight excluding hydrogens is 647 g/mol. The van der Waals surface area contributed by atoms with Gasteiger partial charge < -0.3 is 4.90 Å². The first-order valence-electron chi connectivity index (χ1n) is 17.7. The molecule has 0 radical (unpaired) electrons. The van der Waals surface area contributed by atoms with Gasteiger partial charge in [0.2, 0.25) is 0 Å². The number of rotatable bonds is 6. The van der Waals surface area contributed by atoms with Crippen molar-refractivity contribution in [2.45, 2.75) is 0 Å². The van der Waals surface area contributed by atoms with Gasteiger partial charge in [0.1, 0.15) is 0 Å². The summed E-state index contributed by atoms with van der Waals surface area (Å²) in [5, 5.41) is 7.71. The van der Waals surface area contributed by atoms with E-state index in [-0.39, 0.29) is 0 Å². The van der Waals surface area contributed by atoms with Gasteiger partial charge in [-0.2, -0.15) is 0 Å². The van der Waals surface area contributed by atoms with Crippen LogP contribution >= 0.6 is 11.3 Å². The maximum atomic E-state index is 2.37. The molecule has 0 bridgehead atoms. The van der Waals surface area contributed by atoms with Crippen LogP contribution in [0.2, 0.25) is 0 Å². The molecule has 0 unspecified atom stereocenters. The number of hydrogen-bond donors (Lipinski definition) is 0. The lowest BCUT2D eigenvalue weighted by molar-refractivity contribution is 1.28. The second-order valence-corrected chi connectivity index (χ2v) is 14.5. The summed E-state index contributed by atoms with van der Waals surface area (Å²) in [4.78, 5) is 2.36. The Kier molecular flexibility index (Phi) is 7.41. The van der Waals surface area contributed by atoms with E-state index in [1.807, 2.05) is 11.3 Å². The molecule has 1 aromatic heterocycles. The molecule has 10 rings (SSSR count). The van der Waals surface area contributed by atoms with E-state index in [9.17, 15) is 0 Å². The molecule has 244 valence electrons. The molecule has 10 aromatic rings. The number of anilines is 3. The van der Waals surface area contributed by atoms with E-state index in [2.05, 4.69) is 205 Å². The Labute approximate surface area is 307 Å². The Balaban J connectivity index is 1.07. The molecule has 0 aliphatic rings. The zero-order chi connectivity index (χ0) is 34.4. The number of hydrogen-bond acceptors (Lipinski definition) is 2. The predicted molar refractivity (Wildman–Crippen MR) is 225 cm³/mol. The summed E-state index contributed by atoms with van der Waals surface area (Å²) < 4.78 is 2.66. The second-order valence-electron chi connectivity index (χ2n) is 13.4. The molecule has 52 heavy (non-hydrogen) atoms. The van der Waals surface area contributed by atoms with Gasteiger partial charge in [0, 0.05) is 37.2 Å². The Morgan fingerprint density at radius 3 is 1.63 bits per heavy atom. The van der Waals surface area contributed by atoms with Crippen LogP contribution in [0, 0.1) is 0 Å². The van der Waals surface area contributed by atoms with Crippen LogP contribution in [0.15, 0.2) is 200 Å². The minimum absolute atomic E-state index is 1.11. The number of nitrogens with zero attached hydrogens (tertiary/aromatic N) is 1. The van der Waals surface area contributed by atoms with Crippen molar-refractivity contribution in [2.75, 3.05) is 4.90 Å². The van der Waals surface area contributed by atoms with Gasteiger partial charge in [-0.1, -0.05) is 133 Å². The van der Waals surface area contributed by atoms with E-state index in [1.165, 1.54) is 75.1 Å². The monoisotopic (exact) mass is 679 g/mol. The van der Waals surface area contributed by atoms with E-state index < -0.39 is 0 Å². The van der Waals surface area contributed by atoms with Crippen LogP contribution < -0.4 is 4.90 Å². The quantitative estimate of drug-likeness (QED) is 0.169. The Morgan fingerprint density at radius 2 is 0.865 bits per heavy atom. The first-order chi connectivity index (χ1) is 25.7. The molecule has 0 aliphatic heterocycles. The maximum Gasteiger partial charge on any atom is 0.0468 e. The van der Waals surface area contributed by atoms with Crippen LogP contribution in [0.1, 0.15) is 0 Å². The van der Waals surface area contributed by atoms with E-state index in [1.54, 1.807) is 0 Å². The Hall–Kier alpha value is -6.48. The van der Waals surface area contributed by atoms with Crippen molar-refractivity contribution in [1.29, 1.82) is 0 Å². The standard InChI is InChI=1S/C50H33NS/c1-3-12-36(13-4-1)46-33-44(26-27-45(46)41-20-19-34-11-7-8-14-37(34)29-41)51(42-17-5-2-6-18-42)43-24-21-35(22-25-43)40-23-28-49-47(31-40)48-30-38-15-9-10-16-39(38)32-50(48)52-49/h1-33H. The molecule has 0 aliphatic carbocycles. The van der Waals surface area contributed by atoms with Crippen molar-refractivity contribution in [1.82, 2.24) is 0 Å². The highest BCUT2D eigenvalue weighted by molar-refractivity contribution is 7.25. The van der Waals surface area contributed by atoms with Crippen molar-refractivity contribution in [3.05, 3.63) is 200 Å². The van der Waals surface area contributed by atoms with Crippen LogP contribution in [-0.4, -0.2) is 0 Å². The first kappa shape index (κ1) is 30.4. The molecule has 1 nitrogen and oxygen atoms in total. The fourth-order valence-corrected chi connectivity index (χ4v) is 8.72. The Morgan fingerprint density at radius 1 is 0.288 bits per heavy atom. The summed E-state index contributed by atoms with van der Waals surface area (Å²) in [6.45, 7) is 0. The number of para-hydroxylation sites is 1. The third-order valence-electron chi connectivity index (χ3n) is 10.2. The zero-order valence-corrected chi connectivity index (χ0v) is 29.2. The molecule has 0 saturated carbocycles. The molecule has 1 heterocycles. The second kappa shape index (κ2) is 12.7. The van der Waals surface area contributed by atoms with Gasteiger partial charge in [0.25, 0.3) is 0 Å². The molecule has 9 aromatic carbocycles. The van der Waals surface area contributed by atoms with Gasteiger partial charge in [0.15, 0.2) is 0 Å². The lowest BCUT2D eigenvalue weighted by atomic mass is 9.92. The van der Waals surface area contributed by atoms with Crippen molar-refractivity contribution >= 4 is 70.1 Å². The highest BCUT2D eigenvalue weighted by Crippen LogP contribution is 2.42. The largest absolute Gasteiger partial charge is 0.310 e. The maximum absolute atomic E-state index is 2.37. The van der Waals surface area contributed by atoms with E-state index in [0.29, 0.717) is 0 Å². The third-order valence-corrected chi connectivity index (χ3v) is 11.4. The third kappa shape index (κ3) is 5.42. The molecule has 0 fully saturated rings. The van der Waals surface area contributed by atoms with Crippen LogP contribution in [0.3, 0.4) is 0 Å². The summed E-state index contributed by atoms with van der Waals surface area (Å²) in [5.41, 5.74) is 10.6. The lowest BCUT2D eigenvalue weighted by Gasteiger charge is -2.27. The van der Waals surface area contributed by atoms with Gasteiger partial charge in [-0.15, -0.1) is 11.3 Å². The lowest BCUT2D eigenvalue weighted by Crippen LogP contribution is -2.10. The zero-order valence-electron chi connectivity index (χ0n) is 28.4. The highest BCUT2D eigenvalue weighted by atomic mass is 32.1. The topological polar surface area (TPSA) is 3.24 Å². The number of benzene rings is 9. The van der Waals surface area contributed by atoms with E-state index in [4.69, 9.17) is 0 Å². The number of fused-ring (bicyclic) bond motifs is 5. The molecule has 0 spiro atoms.